The third-order valence-corrected chi connectivity index (χ3v) is 19.9. The van der Waals surface area contributed by atoms with Gasteiger partial charge in [0, 0.05) is 49.0 Å². The zero-order chi connectivity index (χ0) is 93.1. The number of carbonyl (C=O) groups is 12. The van der Waals surface area contributed by atoms with Crippen molar-refractivity contribution in [1.82, 2.24) is 39.8 Å². The second-order valence-corrected chi connectivity index (χ2v) is 30.2. The molecule has 128 heavy (non-hydrogen) atoms. The van der Waals surface area contributed by atoms with E-state index in [4.69, 9.17) is 56.4 Å². The zero-order valence-corrected chi connectivity index (χ0v) is 73.0. The number of ketones is 4. The minimum absolute atomic E-state index is 0.154. The molecular weight excluding hydrogens is 1640 g/mol. The number of hydrogen-bond acceptors (Lipinski definition) is 20. The van der Waals surface area contributed by atoms with Gasteiger partial charge in [0.2, 0.25) is 0 Å². The van der Waals surface area contributed by atoms with Gasteiger partial charge in [-0.1, -0.05) is 179 Å². The average molecular weight is 1750 g/mol. The minimum Gasteiger partial charge on any atom is -0.483 e. The predicted molar refractivity (Wildman–Crippen MR) is 480 cm³/mol. The first-order valence-electron chi connectivity index (χ1n) is 41.3. The van der Waals surface area contributed by atoms with E-state index in [2.05, 4.69) is 23.0 Å². The topological polar surface area (TPSA) is 453 Å². The van der Waals surface area contributed by atoms with Crippen LogP contribution in [-0.4, -0.2) is 150 Å². The van der Waals surface area contributed by atoms with Gasteiger partial charge in [-0.25, -0.2) is 21.5 Å². The third kappa shape index (κ3) is 24.2. The number of nitrogens with zero attached hydrogens (tertiary/aromatic N) is 5. The largest absolute Gasteiger partial charge is 0.483 e. The Morgan fingerprint density at radius 3 is 0.875 bits per heavy atom. The van der Waals surface area contributed by atoms with Gasteiger partial charge in [0.15, 0.2) is 26.4 Å². The molecule has 32 nitrogen and oxygen atoms in total. The first kappa shape index (κ1) is 97.0. The molecule has 12 rings (SSSR count). The Kier molecular flexibility index (Phi) is 34.6. The number of nitrogens with two attached hydrogens (primary N) is 4. The lowest BCUT2D eigenvalue weighted by Gasteiger charge is -2.19. The summed E-state index contributed by atoms with van der Waals surface area (Å²) in [7, 11) is 0. The number of Topliss-reactive ketones (excluding diaryl/α,β-unsaturated/α-hetero) is 4. The number of nitrogens with one attached hydrogen (secondary N) is 3. The molecule has 0 spiro atoms. The van der Waals surface area contributed by atoms with E-state index in [1.807, 2.05) is 192 Å². The first-order valence-corrected chi connectivity index (χ1v) is 41.3. The van der Waals surface area contributed by atoms with Gasteiger partial charge in [0.05, 0.1) is 90.7 Å². The van der Waals surface area contributed by atoms with E-state index in [-0.39, 0.29) is 54.4 Å². The van der Waals surface area contributed by atoms with Crippen LogP contribution in [0.5, 0.6) is 23.0 Å². The fourth-order valence-corrected chi connectivity index (χ4v) is 14.4. The molecule has 32 heteroatoms. The van der Waals surface area contributed by atoms with Crippen molar-refractivity contribution in [3.8, 4) is 23.0 Å². The van der Waals surface area contributed by atoms with Gasteiger partial charge < -0.3 is 60.2 Å². The SMILES string of the molecule is C=CCONC(=O)COc1cccc2c1c(C(=O)C(N)=O)c(CC)n2Cc1ccccc1.CCONC(=O)COc1cccc2c1c(C(=O)C(N)=O)c(CC)n2Cc1ccccc1.CCc1c(C(=O)C(N)=O)c2c(OCC(=O)N(O)C(C)C)cccc2n1Cc1ccccc1.CCc1c(C(=O)C(N)=O)c2c(OCC(=O)NOC(C)(C)C)cccc2n1Cc1ccccc1. The van der Waals surface area contributed by atoms with E-state index in [0.717, 1.165) is 22.3 Å². The molecule has 4 heterocycles. The molecule has 0 aliphatic rings. The summed E-state index contributed by atoms with van der Waals surface area (Å²) >= 11 is 0. The summed E-state index contributed by atoms with van der Waals surface area (Å²) in [6.45, 7) is 22.6. The van der Waals surface area contributed by atoms with Crippen LogP contribution in [0.4, 0.5) is 0 Å². The maximum absolute atomic E-state index is 12.9. The fourth-order valence-electron chi connectivity index (χ4n) is 14.4. The van der Waals surface area contributed by atoms with Crippen LogP contribution in [0.1, 0.15) is 156 Å². The summed E-state index contributed by atoms with van der Waals surface area (Å²) in [6.07, 6.45) is 3.46. The van der Waals surface area contributed by atoms with Gasteiger partial charge in [0.25, 0.3) is 70.4 Å². The number of fused-ring (bicyclic) bond motifs is 4. The van der Waals surface area contributed by atoms with E-state index in [1.165, 1.54) is 6.08 Å². The van der Waals surface area contributed by atoms with Gasteiger partial charge in [-0.2, -0.15) is 0 Å². The summed E-state index contributed by atoms with van der Waals surface area (Å²) in [5, 5.41) is 12.2. The Morgan fingerprint density at radius 2 is 0.641 bits per heavy atom. The smallest absolute Gasteiger partial charge is 0.289 e. The molecule has 0 saturated carbocycles. The molecule has 0 fully saturated rings. The number of benzene rings is 8. The van der Waals surface area contributed by atoms with Gasteiger partial charge in [0.1, 0.15) is 23.0 Å². The number of carbonyl (C=O) groups excluding carboxylic acids is 12. The molecule has 0 saturated heterocycles. The number of ether oxygens (including phenoxy) is 4. The summed E-state index contributed by atoms with van der Waals surface area (Å²) in [6, 6.07) is 59.7. The van der Waals surface area contributed by atoms with Crippen molar-refractivity contribution in [2.75, 3.05) is 39.6 Å². The van der Waals surface area contributed by atoms with E-state index < -0.39 is 88.6 Å². The Balaban J connectivity index is 0.000000193. The van der Waals surface area contributed by atoms with Crippen molar-refractivity contribution in [3.05, 3.63) is 274 Å². The van der Waals surface area contributed by atoms with E-state index >= 15 is 0 Å². The molecule has 0 unspecified atom stereocenters. The highest BCUT2D eigenvalue weighted by atomic mass is 16.7. The second kappa shape index (κ2) is 45.7. The van der Waals surface area contributed by atoms with Gasteiger partial charge >= 0.3 is 0 Å². The summed E-state index contributed by atoms with van der Waals surface area (Å²) in [4.78, 5) is 162. The van der Waals surface area contributed by atoms with Crippen LogP contribution in [-0.2, 0) is 105 Å². The highest BCUT2D eigenvalue weighted by Gasteiger charge is 2.33. The third-order valence-electron chi connectivity index (χ3n) is 19.9. The lowest BCUT2D eigenvalue weighted by molar-refractivity contribution is -0.174. The number of hydrogen-bond donors (Lipinski definition) is 8. The fraction of sp³-hybridized carbons (Fsp3) is 0.271. The van der Waals surface area contributed by atoms with Crippen LogP contribution in [0.2, 0.25) is 0 Å². The molecule has 4 aromatic heterocycles. The van der Waals surface area contributed by atoms with Crippen molar-refractivity contribution < 1.29 is 96.2 Å². The van der Waals surface area contributed by atoms with Crippen LogP contribution in [0.25, 0.3) is 43.6 Å². The number of primary amides is 4. The number of hydroxylamine groups is 5. The predicted octanol–water partition coefficient (Wildman–Crippen LogP) is 11.0. The summed E-state index contributed by atoms with van der Waals surface area (Å²) < 4.78 is 30.8. The molecule has 0 aliphatic heterocycles. The first-order chi connectivity index (χ1) is 61.3. The zero-order valence-electron chi connectivity index (χ0n) is 73.0. The van der Waals surface area contributed by atoms with Crippen LogP contribution in [0.15, 0.2) is 207 Å². The van der Waals surface area contributed by atoms with Crippen molar-refractivity contribution in [1.29, 1.82) is 0 Å². The standard InChI is InChI=1S/C25H29N3O5.C24H27N3O5.C24H25N3O5.C23H25N3O5/c1-5-17-22(23(30)24(26)31)21-18(28(17)14-16-10-7-6-8-11-16)12-9-13-19(21)32-15-20(29)27-33-25(2,3)4;1-4-17-22(23(29)24(25)30)21-18(26(17)13-16-9-6-5-7-10-16)11-8-12-19(21)32-14-20(28)27(31)15(2)3;1-3-13-32-26-20(28)15-31-19-12-8-11-18-21(19)22(23(29)24(25)30)17(4-2)27(18)14-16-9-6-5-7-10-16;1-3-16-21(22(28)23(24)29)20-17(26(16)13-15-9-6-5-7-10-15)11-8-12-18(20)30-14-19(27)25-31-4-2/h6-13H,5,14-15H2,1-4H3,(H2,26,31)(H,27,29);5-12,15,31H,4,13-14H2,1-3H3,(H2,25,30);3,5-12H,1,4,13-15H2,2H3,(H2,25,30)(H,26,28);5-12H,3-4,13-14H2,1-2H3,(H2,24,29)(H,25,27). The van der Waals surface area contributed by atoms with Crippen LogP contribution in [0, 0.1) is 0 Å². The monoisotopic (exact) mass is 1750 g/mol. The lowest BCUT2D eigenvalue weighted by Crippen LogP contribution is -2.37. The maximum atomic E-state index is 12.9. The maximum Gasteiger partial charge on any atom is 0.289 e. The molecule has 8 amide bonds. The Morgan fingerprint density at radius 1 is 0.383 bits per heavy atom. The van der Waals surface area contributed by atoms with Crippen molar-refractivity contribution >= 4 is 114 Å². The molecule has 12 aromatic rings. The molecule has 12 N–H and O–H groups in total. The van der Waals surface area contributed by atoms with E-state index in [9.17, 15) is 62.7 Å². The molecule has 0 bridgehead atoms. The van der Waals surface area contributed by atoms with E-state index in [0.29, 0.717) is 147 Å². The van der Waals surface area contributed by atoms with Crippen LogP contribution in [0.3, 0.4) is 0 Å². The number of aromatic nitrogens is 4. The molecule has 8 aromatic carbocycles. The summed E-state index contributed by atoms with van der Waals surface area (Å²) in [5.74, 6) is -8.30. The number of rotatable bonds is 39. The molecule has 0 aliphatic carbocycles. The Hall–Kier alpha value is -14.9. The molecule has 0 radical (unpaired) electrons. The van der Waals surface area contributed by atoms with Crippen LogP contribution < -0.4 is 58.3 Å². The number of amides is 8. The quantitative estimate of drug-likeness (QED) is 0.00443. The average Bonchev–Trinajstić information content (AvgIpc) is 1.61. The Bertz CT molecular complexity index is 6050. The summed E-state index contributed by atoms with van der Waals surface area (Å²) in [5.41, 5.74) is 38.1. The molecule has 0 atom stereocenters. The second-order valence-electron chi connectivity index (χ2n) is 30.2. The van der Waals surface area contributed by atoms with E-state index in [1.54, 1.807) is 90.1 Å². The minimum atomic E-state index is -1.06. The van der Waals surface area contributed by atoms with Crippen molar-refractivity contribution in [3.63, 3.8) is 0 Å². The van der Waals surface area contributed by atoms with Crippen molar-refractivity contribution in [2.45, 2.75) is 133 Å². The molecular formula is C96H106N12O20. The highest BCUT2D eigenvalue weighted by Crippen LogP contribution is 2.40. The lowest BCUT2D eigenvalue weighted by atomic mass is 10.0. The highest BCUT2D eigenvalue weighted by molar-refractivity contribution is 6.47. The Labute approximate surface area is 738 Å². The molecule has 670 valence electrons. The van der Waals surface area contributed by atoms with Gasteiger partial charge in [-0.3, -0.25) is 77.3 Å². The van der Waals surface area contributed by atoms with Gasteiger partial charge in [-0.05, 0) is 138 Å². The normalized spacial score (nSPS) is 11.0. The van der Waals surface area contributed by atoms with Gasteiger partial charge in [-0.15, -0.1) is 6.58 Å². The van der Waals surface area contributed by atoms with Crippen molar-refractivity contribution in [2.24, 2.45) is 22.9 Å². The van der Waals surface area contributed by atoms with Crippen LogP contribution >= 0.6 is 0 Å².